The maximum atomic E-state index is 12.4. The number of rotatable bonds is 7. The highest BCUT2D eigenvalue weighted by Crippen LogP contribution is 2.18. The lowest BCUT2D eigenvalue weighted by atomic mass is 10.0. The van der Waals surface area contributed by atoms with Gasteiger partial charge < -0.3 is 19.9 Å². The fourth-order valence-electron chi connectivity index (χ4n) is 1.99. The van der Waals surface area contributed by atoms with E-state index in [-0.39, 0.29) is 11.1 Å². The lowest BCUT2D eigenvalue weighted by molar-refractivity contribution is -0.132. The number of methoxy groups -OCH3 is 2. The number of nitrogens with one attached hydrogen (secondary N) is 1. The summed E-state index contributed by atoms with van der Waals surface area (Å²) >= 11 is 0. The normalized spacial score (nSPS) is 10.8. The monoisotopic (exact) mass is 327 g/mol. The van der Waals surface area contributed by atoms with Crippen LogP contribution in [0.4, 0.5) is 5.69 Å². The van der Waals surface area contributed by atoms with Crippen LogP contribution in [-0.4, -0.2) is 31.1 Å². The zero-order chi connectivity index (χ0) is 17.5. The van der Waals surface area contributed by atoms with Gasteiger partial charge in [0.15, 0.2) is 0 Å². The Morgan fingerprint density at radius 1 is 1.00 bits per heavy atom. The van der Waals surface area contributed by atoms with E-state index in [4.69, 9.17) is 9.47 Å². The first-order valence-electron chi connectivity index (χ1n) is 7.08. The quantitative estimate of drug-likeness (QED) is 0.352. The van der Waals surface area contributed by atoms with Crippen molar-refractivity contribution >= 4 is 17.4 Å². The van der Waals surface area contributed by atoms with E-state index in [1.807, 2.05) is 0 Å². The third kappa shape index (κ3) is 4.13. The predicted molar refractivity (Wildman–Crippen MR) is 89.7 cm³/mol. The number of anilines is 1. The molecule has 124 valence electrons. The van der Waals surface area contributed by atoms with Gasteiger partial charge in [-0.2, -0.15) is 0 Å². The molecule has 0 amide bonds. The molecular weight excluding hydrogens is 310 g/mol. The van der Waals surface area contributed by atoms with Crippen molar-refractivity contribution in [2.75, 3.05) is 19.5 Å². The van der Waals surface area contributed by atoms with Crippen molar-refractivity contribution in [2.45, 2.75) is 0 Å². The molecule has 6 nitrogen and oxygen atoms in total. The number of aliphatic carboxylic acids is 1. The number of carboxylic acids is 1. The summed E-state index contributed by atoms with van der Waals surface area (Å²) in [7, 11) is 3.03. The predicted octanol–water partition coefficient (Wildman–Crippen LogP) is 2.97. The van der Waals surface area contributed by atoms with Crippen molar-refractivity contribution in [2.24, 2.45) is 0 Å². The molecule has 0 aromatic heterocycles. The standard InChI is InChI=1S/C18H17NO5/c1-23-14-8-6-13(7-9-14)19-11-16(18(21)22)17(20)12-4-3-5-15(10-12)24-2/h3-11,19H,1-2H3,(H,21,22)/b16-11+. The van der Waals surface area contributed by atoms with Gasteiger partial charge in [-0.05, 0) is 36.4 Å². The van der Waals surface area contributed by atoms with Crippen LogP contribution < -0.4 is 14.8 Å². The molecule has 0 aliphatic carbocycles. The van der Waals surface area contributed by atoms with Gasteiger partial charge in [0.05, 0.1) is 14.2 Å². The van der Waals surface area contributed by atoms with Crippen molar-refractivity contribution in [1.29, 1.82) is 0 Å². The topological polar surface area (TPSA) is 84.9 Å². The summed E-state index contributed by atoms with van der Waals surface area (Å²) in [6.07, 6.45) is 1.17. The van der Waals surface area contributed by atoms with Crippen LogP contribution >= 0.6 is 0 Å². The van der Waals surface area contributed by atoms with Gasteiger partial charge in [-0.1, -0.05) is 12.1 Å². The fourth-order valence-corrected chi connectivity index (χ4v) is 1.99. The van der Waals surface area contributed by atoms with Crippen molar-refractivity contribution < 1.29 is 24.2 Å². The van der Waals surface area contributed by atoms with Crippen LogP contribution in [0.2, 0.25) is 0 Å². The summed E-state index contributed by atoms with van der Waals surface area (Å²) in [6, 6.07) is 13.2. The van der Waals surface area contributed by atoms with E-state index in [2.05, 4.69) is 5.32 Å². The molecule has 0 atom stereocenters. The highest BCUT2D eigenvalue weighted by molar-refractivity contribution is 6.23. The maximum Gasteiger partial charge on any atom is 0.341 e. The molecule has 2 N–H and O–H groups in total. The van der Waals surface area contributed by atoms with Crippen LogP contribution in [0.5, 0.6) is 11.5 Å². The van der Waals surface area contributed by atoms with E-state index in [0.29, 0.717) is 17.2 Å². The number of ketones is 1. The molecule has 2 rings (SSSR count). The minimum absolute atomic E-state index is 0.236. The Morgan fingerprint density at radius 2 is 1.67 bits per heavy atom. The first kappa shape index (κ1) is 17.1. The third-order valence-electron chi connectivity index (χ3n) is 3.28. The van der Waals surface area contributed by atoms with Crippen LogP contribution in [0.25, 0.3) is 0 Å². The summed E-state index contributed by atoms with van der Waals surface area (Å²) in [5, 5.41) is 12.1. The lowest BCUT2D eigenvalue weighted by Crippen LogP contribution is -2.14. The number of ether oxygens (including phenoxy) is 2. The van der Waals surface area contributed by atoms with Gasteiger partial charge >= 0.3 is 5.97 Å². The number of carbonyl (C=O) groups is 2. The zero-order valence-electron chi connectivity index (χ0n) is 13.3. The van der Waals surface area contributed by atoms with Crippen LogP contribution in [0.1, 0.15) is 10.4 Å². The highest BCUT2D eigenvalue weighted by Gasteiger charge is 2.19. The Hall–Kier alpha value is -3.28. The number of Topliss-reactive ketones (excluding diaryl/α,β-unsaturated/α-hetero) is 1. The number of hydrogen-bond donors (Lipinski definition) is 2. The fraction of sp³-hybridized carbons (Fsp3) is 0.111. The Bertz CT molecular complexity index is 765. The number of benzene rings is 2. The highest BCUT2D eigenvalue weighted by atomic mass is 16.5. The van der Waals surface area contributed by atoms with Crippen LogP contribution in [0.3, 0.4) is 0 Å². The first-order chi connectivity index (χ1) is 11.5. The molecule has 0 bridgehead atoms. The molecule has 6 heteroatoms. The Balaban J connectivity index is 2.23. The smallest absolute Gasteiger partial charge is 0.341 e. The average molecular weight is 327 g/mol. The van der Waals surface area contributed by atoms with E-state index in [0.717, 1.165) is 0 Å². The van der Waals surface area contributed by atoms with Gasteiger partial charge in [-0.25, -0.2) is 4.79 Å². The van der Waals surface area contributed by atoms with Gasteiger partial charge in [-0.15, -0.1) is 0 Å². The largest absolute Gasteiger partial charge is 0.497 e. The van der Waals surface area contributed by atoms with Crippen molar-refractivity contribution in [3.63, 3.8) is 0 Å². The molecule has 0 aliphatic heterocycles. The summed E-state index contributed by atoms with van der Waals surface area (Å²) in [5.74, 6) is -0.768. The molecule has 2 aromatic carbocycles. The van der Waals surface area contributed by atoms with E-state index in [9.17, 15) is 14.7 Å². The van der Waals surface area contributed by atoms with Gasteiger partial charge in [0, 0.05) is 17.5 Å². The second-order valence-electron chi connectivity index (χ2n) is 4.80. The molecule has 0 radical (unpaired) electrons. The summed E-state index contributed by atoms with van der Waals surface area (Å²) < 4.78 is 10.1. The molecule has 0 spiro atoms. The second-order valence-corrected chi connectivity index (χ2v) is 4.80. The average Bonchev–Trinajstić information content (AvgIpc) is 2.62. The van der Waals surface area contributed by atoms with Crippen LogP contribution in [-0.2, 0) is 4.79 Å². The molecule has 24 heavy (non-hydrogen) atoms. The molecular formula is C18H17NO5. The van der Waals surface area contributed by atoms with Gasteiger partial charge in [0.2, 0.25) is 5.78 Å². The molecule has 0 aliphatic rings. The van der Waals surface area contributed by atoms with Gasteiger partial charge in [-0.3, -0.25) is 4.79 Å². The van der Waals surface area contributed by atoms with Crippen LogP contribution in [0.15, 0.2) is 60.3 Å². The lowest BCUT2D eigenvalue weighted by Gasteiger charge is -2.07. The summed E-state index contributed by atoms with van der Waals surface area (Å²) in [5.41, 5.74) is 0.492. The summed E-state index contributed by atoms with van der Waals surface area (Å²) in [6.45, 7) is 0. The molecule has 2 aromatic rings. The molecule has 0 fully saturated rings. The Kier molecular flexibility index (Phi) is 5.57. The SMILES string of the molecule is COc1ccc(N/C=C(/C(=O)O)C(=O)c2cccc(OC)c2)cc1. The van der Waals surface area contributed by atoms with E-state index in [1.165, 1.54) is 25.4 Å². The van der Waals surface area contributed by atoms with E-state index < -0.39 is 11.8 Å². The van der Waals surface area contributed by atoms with Crippen molar-refractivity contribution in [3.8, 4) is 11.5 Å². The van der Waals surface area contributed by atoms with Crippen molar-refractivity contribution in [3.05, 3.63) is 65.9 Å². The Morgan fingerprint density at radius 3 is 2.25 bits per heavy atom. The Labute approximate surface area is 139 Å². The molecule has 0 unspecified atom stereocenters. The molecule has 0 saturated heterocycles. The van der Waals surface area contributed by atoms with E-state index >= 15 is 0 Å². The first-order valence-corrected chi connectivity index (χ1v) is 7.08. The molecule has 0 heterocycles. The minimum atomic E-state index is -1.32. The number of hydrogen-bond acceptors (Lipinski definition) is 5. The van der Waals surface area contributed by atoms with Gasteiger partial charge in [0.25, 0.3) is 0 Å². The zero-order valence-corrected chi connectivity index (χ0v) is 13.3. The van der Waals surface area contributed by atoms with E-state index in [1.54, 1.807) is 43.5 Å². The van der Waals surface area contributed by atoms with Gasteiger partial charge in [0.1, 0.15) is 17.1 Å². The van der Waals surface area contributed by atoms with Crippen LogP contribution in [0, 0.1) is 0 Å². The minimum Gasteiger partial charge on any atom is -0.497 e. The number of carboxylic acid groups (broad SMARTS) is 1. The van der Waals surface area contributed by atoms with Crippen molar-refractivity contribution in [1.82, 2.24) is 0 Å². The molecule has 0 saturated carbocycles. The second kappa shape index (κ2) is 7.82. The summed E-state index contributed by atoms with van der Waals surface area (Å²) in [4.78, 5) is 23.8. The number of carbonyl (C=O) groups excluding carboxylic acids is 1. The third-order valence-corrected chi connectivity index (χ3v) is 3.28. The maximum absolute atomic E-state index is 12.4.